The van der Waals surface area contributed by atoms with E-state index in [1.807, 2.05) is 60.0 Å². The summed E-state index contributed by atoms with van der Waals surface area (Å²) in [6.45, 7) is 2.79. The monoisotopic (exact) mass is 433 g/mol. The van der Waals surface area contributed by atoms with E-state index >= 15 is 0 Å². The minimum atomic E-state index is -0.0907. The van der Waals surface area contributed by atoms with E-state index in [1.165, 1.54) is 0 Å². The molecule has 7 heteroatoms. The van der Waals surface area contributed by atoms with Crippen LogP contribution in [0.5, 0.6) is 0 Å². The maximum atomic E-state index is 13.3. The Labute approximate surface area is 188 Å². The number of rotatable bonds is 6. The molecule has 0 atom stereocenters. The molecular weight excluding hydrogens is 402 g/mol. The standard InChI is InChI=1S/C25H31N5O2/c1-2-32-24(28)18-7-6-17-13-23(25(31)29-21-10-8-19(26)9-11-21)30(22(17)14-18)15-16-4-3-5-20(27)12-16/h3-7,12-14,19,21,28H,2,8-11,15,26-27H2,1H3,(H,29,31). The van der Waals surface area contributed by atoms with E-state index in [1.54, 1.807) is 0 Å². The van der Waals surface area contributed by atoms with Gasteiger partial charge in [0.2, 0.25) is 5.90 Å². The molecule has 0 saturated heterocycles. The number of nitrogen functional groups attached to an aromatic ring is 1. The van der Waals surface area contributed by atoms with E-state index in [0.29, 0.717) is 30.1 Å². The van der Waals surface area contributed by atoms with Gasteiger partial charge in [-0.3, -0.25) is 10.2 Å². The highest BCUT2D eigenvalue weighted by atomic mass is 16.5. The molecule has 1 aromatic heterocycles. The van der Waals surface area contributed by atoms with Gasteiger partial charge in [-0.25, -0.2) is 0 Å². The predicted octanol–water partition coefficient (Wildman–Crippen LogP) is 3.63. The molecule has 1 saturated carbocycles. The van der Waals surface area contributed by atoms with Crippen LogP contribution in [0.15, 0.2) is 48.5 Å². The zero-order chi connectivity index (χ0) is 22.7. The summed E-state index contributed by atoms with van der Waals surface area (Å²) in [5, 5.41) is 12.3. The Kier molecular flexibility index (Phi) is 6.46. The lowest BCUT2D eigenvalue weighted by Gasteiger charge is -2.27. The van der Waals surface area contributed by atoms with Gasteiger partial charge in [-0.15, -0.1) is 0 Å². The summed E-state index contributed by atoms with van der Waals surface area (Å²) >= 11 is 0. The normalized spacial score (nSPS) is 18.4. The number of ether oxygens (including phenoxy) is 1. The first kappa shape index (κ1) is 21.9. The Morgan fingerprint density at radius 1 is 1.16 bits per heavy atom. The third kappa shape index (κ3) is 4.78. The summed E-state index contributed by atoms with van der Waals surface area (Å²) in [6.07, 6.45) is 3.66. The van der Waals surface area contributed by atoms with Crippen molar-refractivity contribution in [2.75, 3.05) is 12.3 Å². The number of carbonyl (C=O) groups is 1. The average molecular weight is 434 g/mol. The van der Waals surface area contributed by atoms with Crippen molar-refractivity contribution < 1.29 is 9.53 Å². The van der Waals surface area contributed by atoms with E-state index < -0.39 is 0 Å². The Morgan fingerprint density at radius 3 is 2.66 bits per heavy atom. The lowest BCUT2D eigenvalue weighted by Crippen LogP contribution is -2.41. The Hall–Kier alpha value is -3.32. The lowest BCUT2D eigenvalue weighted by atomic mass is 9.92. The SMILES string of the molecule is CCOC(=N)c1ccc2cc(C(=O)NC3CCC(N)CC3)n(Cc3cccc(N)c3)c2c1. The summed E-state index contributed by atoms with van der Waals surface area (Å²) in [4.78, 5) is 13.3. The van der Waals surface area contributed by atoms with Gasteiger partial charge in [-0.2, -0.15) is 0 Å². The number of carbonyl (C=O) groups excluding carboxylic acids is 1. The van der Waals surface area contributed by atoms with Gasteiger partial charge < -0.3 is 26.1 Å². The van der Waals surface area contributed by atoms with Gasteiger partial charge in [0, 0.05) is 40.8 Å². The molecule has 6 N–H and O–H groups in total. The van der Waals surface area contributed by atoms with Crippen LogP contribution in [0.4, 0.5) is 5.69 Å². The minimum absolute atomic E-state index is 0.0907. The van der Waals surface area contributed by atoms with E-state index in [-0.39, 0.29) is 23.9 Å². The number of nitrogens with two attached hydrogens (primary N) is 2. The van der Waals surface area contributed by atoms with Crippen LogP contribution in [0.25, 0.3) is 10.9 Å². The van der Waals surface area contributed by atoms with Crippen molar-refractivity contribution in [1.29, 1.82) is 5.41 Å². The highest BCUT2D eigenvalue weighted by Gasteiger charge is 2.23. The molecule has 0 unspecified atom stereocenters. The Morgan fingerprint density at radius 2 is 1.94 bits per heavy atom. The van der Waals surface area contributed by atoms with Crippen LogP contribution in [0.2, 0.25) is 0 Å². The second kappa shape index (κ2) is 9.44. The van der Waals surface area contributed by atoms with Crippen molar-refractivity contribution in [3.63, 3.8) is 0 Å². The summed E-state index contributed by atoms with van der Waals surface area (Å²) in [5.74, 6) is 0.0302. The molecular formula is C25H31N5O2. The molecule has 0 aliphatic heterocycles. The molecule has 1 heterocycles. The largest absolute Gasteiger partial charge is 0.478 e. The zero-order valence-corrected chi connectivity index (χ0v) is 18.4. The predicted molar refractivity (Wildman–Crippen MR) is 128 cm³/mol. The smallest absolute Gasteiger partial charge is 0.268 e. The number of aromatic nitrogens is 1. The third-order valence-corrected chi connectivity index (χ3v) is 6.09. The number of anilines is 1. The molecule has 2 aromatic carbocycles. The van der Waals surface area contributed by atoms with Gasteiger partial charge in [-0.05, 0) is 68.5 Å². The molecule has 4 rings (SSSR count). The summed E-state index contributed by atoms with van der Waals surface area (Å²) < 4.78 is 7.38. The molecule has 1 fully saturated rings. The van der Waals surface area contributed by atoms with Gasteiger partial charge in [-0.1, -0.05) is 18.2 Å². The van der Waals surface area contributed by atoms with Crippen LogP contribution in [0, 0.1) is 5.41 Å². The van der Waals surface area contributed by atoms with Gasteiger partial charge in [0.1, 0.15) is 5.69 Å². The Bertz CT molecular complexity index is 1130. The van der Waals surface area contributed by atoms with Crippen molar-refractivity contribution >= 4 is 28.4 Å². The lowest BCUT2D eigenvalue weighted by molar-refractivity contribution is 0.0917. The first-order chi connectivity index (χ1) is 15.4. The number of fused-ring (bicyclic) bond motifs is 1. The fourth-order valence-electron chi connectivity index (χ4n) is 4.38. The van der Waals surface area contributed by atoms with E-state index in [0.717, 1.165) is 42.1 Å². The fraction of sp³-hybridized carbons (Fsp3) is 0.360. The average Bonchev–Trinajstić information content (AvgIpc) is 3.13. The molecule has 0 radical (unpaired) electrons. The van der Waals surface area contributed by atoms with Gasteiger partial charge in [0.05, 0.1) is 6.61 Å². The van der Waals surface area contributed by atoms with Gasteiger partial charge >= 0.3 is 0 Å². The van der Waals surface area contributed by atoms with Crippen LogP contribution in [-0.4, -0.2) is 35.1 Å². The minimum Gasteiger partial charge on any atom is -0.478 e. The van der Waals surface area contributed by atoms with Gasteiger partial charge in [0.25, 0.3) is 5.91 Å². The maximum Gasteiger partial charge on any atom is 0.268 e. The topological polar surface area (TPSA) is 119 Å². The molecule has 7 nitrogen and oxygen atoms in total. The van der Waals surface area contributed by atoms with Crippen LogP contribution in [0.1, 0.15) is 54.2 Å². The summed E-state index contributed by atoms with van der Waals surface area (Å²) in [5.41, 5.74) is 15.8. The Balaban J connectivity index is 1.71. The number of hydrogen-bond donors (Lipinski definition) is 4. The molecule has 1 amide bonds. The summed E-state index contributed by atoms with van der Waals surface area (Å²) in [7, 11) is 0. The molecule has 168 valence electrons. The number of hydrogen-bond acceptors (Lipinski definition) is 5. The number of benzene rings is 2. The van der Waals surface area contributed by atoms with Crippen LogP contribution >= 0.6 is 0 Å². The van der Waals surface area contributed by atoms with Crippen molar-refractivity contribution in [2.24, 2.45) is 5.73 Å². The molecule has 3 aromatic rings. The molecule has 32 heavy (non-hydrogen) atoms. The fourth-order valence-corrected chi connectivity index (χ4v) is 4.38. The van der Waals surface area contributed by atoms with E-state index in [9.17, 15) is 4.79 Å². The van der Waals surface area contributed by atoms with E-state index in [4.69, 9.17) is 21.6 Å². The highest BCUT2D eigenvalue weighted by molar-refractivity contribution is 6.01. The molecule has 1 aliphatic rings. The van der Waals surface area contributed by atoms with Crippen molar-refractivity contribution in [3.05, 3.63) is 65.4 Å². The molecule has 0 bridgehead atoms. The number of amides is 1. The second-order valence-corrected chi connectivity index (χ2v) is 8.48. The number of nitrogens with one attached hydrogen (secondary N) is 2. The molecule has 1 aliphatic carbocycles. The third-order valence-electron chi connectivity index (χ3n) is 6.09. The van der Waals surface area contributed by atoms with Gasteiger partial charge in [0.15, 0.2) is 0 Å². The quantitative estimate of drug-likeness (QED) is 0.270. The highest BCUT2D eigenvalue weighted by Crippen LogP contribution is 2.25. The van der Waals surface area contributed by atoms with Crippen LogP contribution < -0.4 is 16.8 Å². The second-order valence-electron chi connectivity index (χ2n) is 8.48. The van der Waals surface area contributed by atoms with Crippen LogP contribution in [0.3, 0.4) is 0 Å². The zero-order valence-electron chi connectivity index (χ0n) is 18.4. The number of nitrogens with zero attached hydrogens (tertiary/aromatic N) is 1. The first-order valence-electron chi connectivity index (χ1n) is 11.2. The van der Waals surface area contributed by atoms with Crippen LogP contribution in [-0.2, 0) is 11.3 Å². The van der Waals surface area contributed by atoms with Crippen molar-refractivity contribution in [2.45, 2.75) is 51.2 Å². The maximum absolute atomic E-state index is 13.3. The van der Waals surface area contributed by atoms with Crippen molar-refractivity contribution in [1.82, 2.24) is 9.88 Å². The first-order valence-corrected chi connectivity index (χ1v) is 11.2. The molecule has 0 spiro atoms. The van der Waals surface area contributed by atoms with E-state index in [2.05, 4.69) is 5.32 Å². The van der Waals surface area contributed by atoms with Crippen molar-refractivity contribution in [3.8, 4) is 0 Å². The summed E-state index contributed by atoms with van der Waals surface area (Å²) in [6, 6.07) is 15.7.